The quantitative estimate of drug-likeness (QED) is 0.695. The SMILES string of the molecule is C#Cc1c(N)nc(-c2ccc(Cl)c(OC)c2F)nc1C(C)=O. The van der Waals surface area contributed by atoms with Gasteiger partial charge in [0.2, 0.25) is 0 Å². The molecule has 2 aromatic rings. The van der Waals surface area contributed by atoms with Crippen LogP contribution in [0, 0.1) is 18.2 Å². The van der Waals surface area contributed by atoms with Crippen molar-refractivity contribution >= 4 is 23.2 Å². The molecule has 0 saturated carbocycles. The molecule has 22 heavy (non-hydrogen) atoms. The Bertz CT molecular complexity index is 815. The molecule has 1 heterocycles. The second kappa shape index (κ2) is 6.00. The number of hydrogen-bond donors (Lipinski definition) is 1. The molecule has 1 aromatic carbocycles. The molecule has 0 aliphatic carbocycles. The molecule has 0 unspecified atom stereocenters. The fourth-order valence-electron chi connectivity index (χ4n) is 1.89. The first-order valence-corrected chi connectivity index (χ1v) is 6.45. The van der Waals surface area contributed by atoms with Gasteiger partial charge < -0.3 is 10.5 Å². The number of ketones is 1. The summed E-state index contributed by atoms with van der Waals surface area (Å²) in [6.45, 7) is 1.28. The Balaban J connectivity index is 2.75. The number of nitrogen functional groups attached to an aromatic ring is 1. The molecule has 0 atom stereocenters. The highest BCUT2D eigenvalue weighted by molar-refractivity contribution is 6.32. The van der Waals surface area contributed by atoms with Crippen molar-refractivity contribution in [2.45, 2.75) is 6.92 Å². The molecular formula is C15H11ClFN3O2. The molecule has 0 aliphatic heterocycles. The molecule has 2 rings (SSSR count). The highest BCUT2D eigenvalue weighted by Crippen LogP contribution is 2.34. The number of hydrogen-bond acceptors (Lipinski definition) is 5. The summed E-state index contributed by atoms with van der Waals surface area (Å²) >= 11 is 5.84. The number of Topliss-reactive ketones (excluding diaryl/α,β-unsaturated/α-hetero) is 1. The van der Waals surface area contributed by atoms with Crippen LogP contribution in [0.15, 0.2) is 12.1 Å². The number of nitrogens with two attached hydrogens (primary N) is 1. The Kier molecular flexibility index (Phi) is 4.29. The van der Waals surface area contributed by atoms with E-state index in [2.05, 4.69) is 15.9 Å². The van der Waals surface area contributed by atoms with Crippen LogP contribution in [0.2, 0.25) is 5.02 Å². The number of anilines is 1. The van der Waals surface area contributed by atoms with Gasteiger partial charge in [-0.25, -0.2) is 14.4 Å². The Morgan fingerprint density at radius 2 is 2.14 bits per heavy atom. The van der Waals surface area contributed by atoms with Crippen LogP contribution in [-0.4, -0.2) is 22.9 Å². The third-order valence-corrected chi connectivity index (χ3v) is 3.21. The van der Waals surface area contributed by atoms with Gasteiger partial charge in [-0.05, 0) is 12.1 Å². The first kappa shape index (κ1) is 15.7. The van der Waals surface area contributed by atoms with E-state index in [1.807, 2.05) is 0 Å². The van der Waals surface area contributed by atoms with E-state index in [1.54, 1.807) is 0 Å². The van der Waals surface area contributed by atoms with Gasteiger partial charge in [0.25, 0.3) is 0 Å². The zero-order valence-corrected chi connectivity index (χ0v) is 12.5. The lowest BCUT2D eigenvalue weighted by atomic mass is 10.1. The summed E-state index contributed by atoms with van der Waals surface area (Å²) < 4.78 is 19.3. The Hall–Kier alpha value is -2.65. The lowest BCUT2D eigenvalue weighted by molar-refractivity contribution is 0.101. The lowest BCUT2D eigenvalue weighted by Gasteiger charge is -2.10. The van der Waals surface area contributed by atoms with Gasteiger partial charge in [-0.2, -0.15) is 0 Å². The minimum atomic E-state index is -0.752. The molecule has 0 bridgehead atoms. The van der Waals surface area contributed by atoms with E-state index >= 15 is 0 Å². The van der Waals surface area contributed by atoms with Gasteiger partial charge in [0.1, 0.15) is 11.5 Å². The molecule has 0 saturated heterocycles. The highest BCUT2D eigenvalue weighted by Gasteiger charge is 2.20. The Labute approximate surface area is 131 Å². The summed E-state index contributed by atoms with van der Waals surface area (Å²) in [4.78, 5) is 19.6. The zero-order valence-electron chi connectivity index (χ0n) is 11.8. The molecule has 0 radical (unpaired) electrons. The van der Waals surface area contributed by atoms with E-state index in [9.17, 15) is 9.18 Å². The minimum absolute atomic E-state index is 0.000906. The number of halogens is 2. The van der Waals surface area contributed by atoms with Crippen LogP contribution in [0.25, 0.3) is 11.4 Å². The number of aromatic nitrogens is 2. The van der Waals surface area contributed by atoms with E-state index in [0.717, 1.165) is 0 Å². The van der Waals surface area contributed by atoms with E-state index in [1.165, 1.54) is 26.2 Å². The van der Waals surface area contributed by atoms with Crippen LogP contribution in [0.4, 0.5) is 10.2 Å². The summed E-state index contributed by atoms with van der Waals surface area (Å²) in [5.74, 6) is 0.810. The lowest BCUT2D eigenvalue weighted by Crippen LogP contribution is -2.09. The number of terminal acetylenes is 1. The van der Waals surface area contributed by atoms with Gasteiger partial charge in [-0.15, -0.1) is 6.42 Å². The van der Waals surface area contributed by atoms with Gasteiger partial charge in [0.15, 0.2) is 23.2 Å². The summed E-state index contributed by atoms with van der Waals surface area (Å²) in [5, 5.41) is 0.101. The monoisotopic (exact) mass is 319 g/mol. The fraction of sp³-hybridized carbons (Fsp3) is 0.133. The van der Waals surface area contributed by atoms with E-state index in [-0.39, 0.29) is 39.2 Å². The maximum Gasteiger partial charge on any atom is 0.179 e. The van der Waals surface area contributed by atoms with Crippen LogP contribution in [-0.2, 0) is 0 Å². The average Bonchev–Trinajstić information content (AvgIpc) is 2.46. The molecule has 0 amide bonds. The van der Waals surface area contributed by atoms with Crippen molar-refractivity contribution in [2.75, 3.05) is 12.8 Å². The standard InChI is InChI=1S/C15H11ClFN3O2/c1-4-8-12(7(2)21)19-15(20-14(8)18)9-5-6-10(16)13(22-3)11(9)17/h1,5-6H,2-3H3,(H2,18,19,20). The fourth-order valence-corrected chi connectivity index (χ4v) is 2.11. The third-order valence-electron chi connectivity index (χ3n) is 2.91. The predicted octanol–water partition coefficient (Wildman–Crippen LogP) is 2.71. The highest BCUT2D eigenvalue weighted by atomic mass is 35.5. The second-order valence-corrected chi connectivity index (χ2v) is 4.71. The summed E-state index contributed by atoms with van der Waals surface area (Å²) in [6, 6.07) is 2.80. The smallest absolute Gasteiger partial charge is 0.179 e. The van der Waals surface area contributed by atoms with Crippen LogP contribution in [0.5, 0.6) is 5.75 Å². The van der Waals surface area contributed by atoms with Crippen LogP contribution in [0.3, 0.4) is 0 Å². The molecule has 0 fully saturated rings. The number of carbonyl (C=O) groups excluding carboxylic acids is 1. The summed E-state index contributed by atoms with van der Waals surface area (Å²) in [6.07, 6.45) is 5.30. The number of rotatable bonds is 3. The number of ether oxygens (including phenoxy) is 1. The second-order valence-electron chi connectivity index (χ2n) is 4.30. The molecule has 0 aliphatic rings. The molecular weight excluding hydrogens is 309 g/mol. The van der Waals surface area contributed by atoms with Crippen molar-refractivity contribution in [1.82, 2.24) is 9.97 Å². The van der Waals surface area contributed by atoms with Gasteiger partial charge >= 0.3 is 0 Å². The molecule has 7 heteroatoms. The van der Waals surface area contributed by atoms with E-state index in [4.69, 9.17) is 28.5 Å². The number of benzene rings is 1. The van der Waals surface area contributed by atoms with Crippen molar-refractivity contribution in [3.63, 3.8) is 0 Å². The minimum Gasteiger partial charge on any atom is -0.492 e. The number of nitrogens with zero attached hydrogens (tertiary/aromatic N) is 2. The van der Waals surface area contributed by atoms with Gasteiger partial charge in [0, 0.05) is 6.92 Å². The van der Waals surface area contributed by atoms with Crippen molar-refractivity contribution in [3.8, 4) is 29.5 Å². The van der Waals surface area contributed by atoms with Crippen molar-refractivity contribution in [1.29, 1.82) is 0 Å². The van der Waals surface area contributed by atoms with Gasteiger partial charge in [0.05, 0.1) is 23.3 Å². The van der Waals surface area contributed by atoms with Crippen molar-refractivity contribution < 1.29 is 13.9 Å². The number of methoxy groups -OCH3 is 1. The Morgan fingerprint density at radius 1 is 1.45 bits per heavy atom. The first-order valence-electron chi connectivity index (χ1n) is 6.08. The normalized spacial score (nSPS) is 10.1. The molecule has 1 aromatic heterocycles. The maximum atomic E-state index is 14.4. The van der Waals surface area contributed by atoms with Crippen molar-refractivity contribution in [2.24, 2.45) is 0 Å². The summed E-state index contributed by atoms with van der Waals surface area (Å²) in [7, 11) is 1.28. The topological polar surface area (TPSA) is 78.1 Å². The van der Waals surface area contributed by atoms with Crippen molar-refractivity contribution in [3.05, 3.63) is 34.2 Å². The third kappa shape index (κ3) is 2.59. The van der Waals surface area contributed by atoms with Crippen LogP contribution >= 0.6 is 11.6 Å². The average molecular weight is 320 g/mol. The zero-order chi connectivity index (χ0) is 16.4. The Morgan fingerprint density at radius 3 is 2.68 bits per heavy atom. The molecule has 2 N–H and O–H groups in total. The van der Waals surface area contributed by atoms with Crippen LogP contribution < -0.4 is 10.5 Å². The van der Waals surface area contributed by atoms with Crippen LogP contribution in [0.1, 0.15) is 23.0 Å². The molecule has 5 nitrogen and oxygen atoms in total. The largest absolute Gasteiger partial charge is 0.492 e. The number of carbonyl (C=O) groups is 1. The predicted molar refractivity (Wildman–Crippen MR) is 81.3 cm³/mol. The molecule has 112 valence electrons. The maximum absolute atomic E-state index is 14.4. The summed E-state index contributed by atoms with van der Waals surface area (Å²) in [5.41, 5.74) is 5.77. The van der Waals surface area contributed by atoms with Gasteiger partial charge in [-0.3, -0.25) is 4.79 Å². The van der Waals surface area contributed by atoms with E-state index in [0.29, 0.717) is 0 Å². The molecule has 0 spiro atoms. The van der Waals surface area contributed by atoms with E-state index < -0.39 is 11.6 Å². The first-order chi connectivity index (χ1) is 10.4. The van der Waals surface area contributed by atoms with Gasteiger partial charge in [-0.1, -0.05) is 17.5 Å².